The molecule has 2 rings (SSSR count). The molecule has 0 heterocycles. The largest absolute Gasteiger partial charge is 0.385 e. The third kappa shape index (κ3) is 7.79. The number of ether oxygens (including phenoxy) is 1. The molecule has 130 valence electrons. The van der Waals surface area contributed by atoms with Crippen molar-refractivity contribution in [2.75, 3.05) is 25.6 Å². The molecule has 0 fully saturated rings. The number of guanidine groups is 1. The lowest BCUT2D eigenvalue weighted by molar-refractivity contribution is 0.195. The number of anilines is 1. The number of benzene rings is 2. The summed E-state index contributed by atoms with van der Waals surface area (Å²) in [7, 11) is 1.72. The fraction of sp³-hybridized carbons (Fsp3) is 0.316. The molecule has 2 aromatic carbocycles. The normalized spacial score (nSPS) is 10.8. The lowest BCUT2D eigenvalue weighted by Gasteiger charge is -2.12. The number of hydrogen-bond donors (Lipinski definition) is 2. The second-order valence-corrected chi connectivity index (χ2v) is 5.41. The highest BCUT2D eigenvalue weighted by molar-refractivity contribution is 14.0. The van der Waals surface area contributed by atoms with Gasteiger partial charge in [0.1, 0.15) is 0 Å². The second kappa shape index (κ2) is 11.9. The molecule has 2 N–H and O–H groups in total. The smallest absolute Gasteiger partial charge is 0.196 e. The maximum Gasteiger partial charge on any atom is 0.196 e. The van der Waals surface area contributed by atoms with Crippen molar-refractivity contribution in [3.05, 3.63) is 65.7 Å². The second-order valence-electron chi connectivity index (χ2n) is 5.41. The van der Waals surface area contributed by atoms with E-state index < -0.39 is 0 Å². The van der Waals surface area contributed by atoms with E-state index in [0.29, 0.717) is 6.54 Å². The van der Waals surface area contributed by atoms with Crippen LogP contribution < -0.4 is 10.6 Å². The van der Waals surface area contributed by atoms with Crippen molar-refractivity contribution in [2.24, 2.45) is 4.99 Å². The van der Waals surface area contributed by atoms with Crippen LogP contribution in [0.2, 0.25) is 0 Å². The molecule has 0 aliphatic carbocycles. The van der Waals surface area contributed by atoms with Gasteiger partial charge in [-0.2, -0.15) is 0 Å². The molecule has 0 aliphatic heterocycles. The lowest BCUT2D eigenvalue weighted by Crippen LogP contribution is -2.32. The van der Waals surface area contributed by atoms with Gasteiger partial charge in [-0.1, -0.05) is 48.0 Å². The van der Waals surface area contributed by atoms with Crippen LogP contribution in [0, 0.1) is 6.92 Å². The minimum absolute atomic E-state index is 0. The zero-order chi connectivity index (χ0) is 16.3. The molecule has 5 heteroatoms. The maximum atomic E-state index is 5.08. The fourth-order valence-corrected chi connectivity index (χ4v) is 2.08. The number of para-hydroxylation sites is 1. The summed E-state index contributed by atoms with van der Waals surface area (Å²) in [4.78, 5) is 4.67. The lowest BCUT2D eigenvalue weighted by atomic mass is 10.1. The number of aliphatic imine (C=N–C) groups is 1. The van der Waals surface area contributed by atoms with Gasteiger partial charge in [-0.15, -0.1) is 24.0 Å². The van der Waals surface area contributed by atoms with Crippen LogP contribution in [-0.4, -0.2) is 26.2 Å². The van der Waals surface area contributed by atoms with Crippen molar-refractivity contribution in [1.82, 2.24) is 5.32 Å². The minimum atomic E-state index is 0. The third-order valence-electron chi connectivity index (χ3n) is 3.39. The van der Waals surface area contributed by atoms with Gasteiger partial charge in [0.05, 0.1) is 6.54 Å². The zero-order valence-corrected chi connectivity index (χ0v) is 16.6. The Balaban J connectivity index is 0.00000288. The Morgan fingerprint density at radius 3 is 2.42 bits per heavy atom. The summed E-state index contributed by atoms with van der Waals surface area (Å²) in [6.07, 6.45) is 0.941. The molecule has 0 saturated carbocycles. The summed E-state index contributed by atoms with van der Waals surface area (Å²) in [5.74, 6) is 0.785. The van der Waals surface area contributed by atoms with Gasteiger partial charge in [0.25, 0.3) is 0 Å². The van der Waals surface area contributed by atoms with Crippen molar-refractivity contribution >= 4 is 35.6 Å². The standard InChI is InChI=1S/C19H25N3O.HI/c1-16-9-11-17(12-10-16)15-21-19(20-13-6-14-23-2)22-18-7-4-3-5-8-18;/h3-5,7-12H,6,13-15H2,1-2H3,(H2,20,21,22);1H. The first kappa shape index (κ1) is 20.4. The van der Waals surface area contributed by atoms with Crippen molar-refractivity contribution in [3.8, 4) is 0 Å². The predicted octanol–water partition coefficient (Wildman–Crippen LogP) is 4.21. The van der Waals surface area contributed by atoms with E-state index in [2.05, 4.69) is 46.8 Å². The van der Waals surface area contributed by atoms with Crippen LogP contribution in [0.25, 0.3) is 0 Å². The average Bonchev–Trinajstić information content (AvgIpc) is 2.58. The Hall–Kier alpha value is -1.60. The highest BCUT2D eigenvalue weighted by Gasteiger charge is 2.00. The van der Waals surface area contributed by atoms with Crippen LogP contribution in [0.1, 0.15) is 17.5 Å². The Morgan fingerprint density at radius 1 is 1.04 bits per heavy atom. The maximum absolute atomic E-state index is 5.08. The first-order valence-electron chi connectivity index (χ1n) is 7.93. The number of aryl methyl sites for hydroxylation is 1. The summed E-state index contributed by atoms with van der Waals surface area (Å²) in [5, 5.41) is 6.68. The number of nitrogens with zero attached hydrogens (tertiary/aromatic N) is 1. The SMILES string of the molecule is COCCCNC(=NCc1ccc(C)cc1)Nc1ccccc1.I. The summed E-state index contributed by atoms with van der Waals surface area (Å²) >= 11 is 0. The van der Waals surface area contributed by atoms with Crippen LogP contribution >= 0.6 is 24.0 Å². The summed E-state index contributed by atoms with van der Waals surface area (Å²) < 4.78 is 5.08. The van der Waals surface area contributed by atoms with Gasteiger partial charge < -0.3 is 15.4 Å². The topological polar surface area (TPSA) is 45.6 Å². The Labute approximate surface area is 161 Å². The van der Waals surface area contributed by atoms with Crippen LogP contribution in [0.15, 0.2) is 59.6 Å². The zero-order valence-electron chi connectivity index (χ0n) is 14.3. The molecule has 0 spiro atoms. The minimum Gasteiger partial charge on any atom is -0.385 e. The number of halogens is 1. The van der Waals surface area contributed by atoms with Crippen molar-refractivity contribution in [1.29, 1.82) is 0 Å². The number of methoxy groups -OCH3 is 1. The molecule has 2 aromatic rings. The van der Waals surface area contributed by atoms with E-state index >= 15 is 0 Å². The molecule has 24 heavy (non-hydrogen) atoms. The van der Waals surface area contributed by atoms with Gasteiger partial charge in [0.2, 0.25) is 0 Å². The van der Waals surface area contributed by atoms with Gasteiger partial charge in [-0.05, 0) is 31.0 Å². The van der Waals surface area contributed by atoms with Crippen molar-refractivity contribution in [3.63, 3.8) is 0 Å². The van der Waals surface area contributed by atoms with E-state index in [-0.39, 0.29) is 24.0 Å². The monoisotopic (exact) mass is 439 g/mol. The van der Waals surface area contributed by atoms with Gasteiger partial charge in [0.15, 0.2) is 5.96 Å². The Kier molecular flexibility index (Phi) is 10.1. The molecule has 0 unspecified atom stereocenters. The molecule has 0 amide bonds. The van der Waals surface area contributed by atoms with Crippen LogP contribution in [0.5, 0.6) is 0 Å². The third-order valence-corrected chi connectivity index (χ3v) is 3.39. The Morgan fingerprint density at radius 2 is 1.75 bits per heavy atom. The van der Waals surface area contributed by atoms with Crippen LogP contribution in [0.4, 0.5) is 5.69 Å². The van der Waals surface area contributed by atoms with Crippen molar-refractivity contribution < 1.29 is 4.74 Å². The van der Waals surface area contributed by atoms with E-state index in [1.807, 2.05) is 30.3 Å². The molecular weight excluding hydrogens is 413 g/mol. The molecule has 0 aromatic heterocycles. The molecule has 4 nitrogen and oxygen atoms in total. The molecule has 0 bridgehead atoms. The summed E-state index contributed by atoms with van der Waals surface area (Å²) in [6, 6.07) is 18.5. The summed E-state index contributed by atoms with van der Waals surface area (Å²) in [5.41, 5.74) is 3.48. The predicted molar refractivity (Wildman–Crippen MR) is 112 cm³/mol. The van der Waals surface area contributed by atoms with Crippen LogP contribution in [-0.2, 0) is 11.3 Å². The molecule has 0 saturated heterocycles. The first-order chi connectivity index (χ1) is 11.3. The Bertz CT molecular complexity index is 600. The highest BCUT2D eigenvalue weighted by Crippen LogP contribution is 2.07. The molecule has 0 radical (unpaired) electrons. The number of nitrogens with one attached hydrogen (secondary N) is 2. The van der Waals surface area contributed by atoms with E-state index in [1.165, 1.54) is 11.1 Å². The van der Waals surface area contributed by atoms with Gasteiger partial charge >= 0.3 is 0 Å². The quantitative estimate of drug-likeness (QED) is 0.294. The molecule has 0 aliphatic rings. The van der Waals surface area contributed by atoms with E-state index in [9.17, 15) is 0 Å². The highest BCUT2D eigenvalue weighted by atomic mass is 127. The first-order valence-corrected chi connectivity index (χ1v) is 7.93. The van der Waals surface area contributed by atoms with Crippen LogP contribution in [0.3, 0.4) is 0 Å². The molecular formula is C19H26IN3O. The fourth-order valence-electron chi connectivity index (χ4n) is 2.08. The van der Waals surface area contributed by atoms with Gasteiger partial charge in [0, 0.05) is 25.9 Å². The number of rotatable bonds is 7. The van der Waals surface area contributed by atoms with Gasteiger partial charge in [-0.3, -0.25) is 0 Å². The number of hydrogen-bond acceptors (Lipinski definition) is 2. The van der Waals surface area contributed by atoms with E-state index in [0.717, 1.165) is 31.2 Å². The summed E-state index contributed by atoms with van der Waals surface area (Å²) in [6.45, 7) is 4.30. The van der Waals surface area contributed by atoms with E-state index in [1.54, 1.807) is 7.11 Å². The van der Waals surface area contributed by atoms with Gasteiger partial charge in [-0.25, -0.2) is 4.99 Å². The van der Waals surface area contributed by atoms with Crippen molar-refractivity contribution in [2.45, 2.75) is 19.9 Å². The average molecular weight is 439 g/mol. The molecule has 0 atom stereocenters. The van der Waals surface area contributed by atoms with E-state index in [4.69, 9.17) is 4.74 Å².